The van der Waals surface area contributed by atoms with E-state index in [9.17, 15) is 13.6 Å². The lowest BCUT2D eigenvalue weighted by molar-refractivity contribution is -0.105. The summed E-state index contributed by atoms with van der Waals surface area (Å²) in [6.45, 7) is 0. The van der Waals surface area contributed by atoms with E-state index in [-0.39, 0.29) is 5.69 Å². The quantitative estimate of drug-likeness (QED) is 0.721. The zero-order valence-corrected chi connectivity index (χ0v) is 10.0. The Labute approximate surface area is 111 Å². The Hall–Kier alpha value is -2.83. The van der Waals surface area contributed by atoms with Crippen LogP contribution in [0.3, 0.4) is 0 Å². The molecule has 0 spiro atoms. The maximum Gasteiger partial charge on any atom is 0.211 e. The minimum absolute atomic E-state index is 0.0296. The zero-order chi connectivity index (χ0) is 14.1. The summed E-state index contributed by atoms with van der Waals surface area (Å²) in [4.78, 5) is 21.2. The Balaban J connectivity index is 2.27. The molecule has 0 aliphatic rings. The molecule has 3 rings (SSSR count). The van der Waals surface area contributed by atoms with Crippen molar-refractivity contribution in [2.75, 3.05) is 5.32 Å². The number of aromatic amines is 1. The summed E-state index contributed by atoms with van der Waals surface area (Å²) >= 11 is 0. The molecule has 1 amide bonds. The molecule has 0 radical (unpaired) electrons. The number of rotatable bonds is 3. The van der Waals surface area contributed by atoms with E-state index in [4.69, 9.17) is 0 Å². The molecule has 1 aromatic carbocycles. The summed E-state index contributed by atoms with van der Waals surface area (Å²) < 4.78 is 26.8. The number of aromatic nitrogens is 3. The largest absolute Gasteiger partial charge is 0.345 e. The van der Waals surface area contributed by atoms with Gasteiger partial charge in [-0.15, -0.1) is 0 Å². The molecule has 7 heteroatoms. The molecule has 2 N–H and O–H groups in total. The van der Waals surface area contributed by atoms with Gasteiger partial charge in [-0.05, 0) is 12.1 Å². The van der Waals surface area contributed by atoms with E-state index >= 15 is 0 Å². The molecule has 0 bridgehead atoms. The molecule has 0 unspecified atom stereocenters. The van der Waals surface area contributed by atoms with Gasteiger partial charge in [-0.1, -0.05) is 0 Å². The molecular weight excluding hydrogens is 266 g/mol. The van der Waals surface area contributed by atoms with E-state index in [0.717, 1.165) is 12.3 Å². The maximum absolute atomic E-state index is 13.9. The molecule has 2 heterocycles. The molecule has 3 aromatic rings. The van der Waals surface area contributed by atoms with Gasteiger partial charge in [-0.2, -0.15) is 0 Å². The molecule has 2 aromatic heterocycles. The molecule has 0 aliphatic carbocycles. The van der Waals surface area contributed by atoms with Crippen LogP contribution in [0, 0.1) is 11.6 Å². The van der Waals surface area contributed by atoms with E-state index in [1.165, 1.54) is 12.4 Å². The number of nitrogens with one attached hydrogen (secondary N) is 2. The number of amides is 1. The van der Waals surface area contributed by atoms with Gasteiger partial charge < -0.3 is 10.3 Å². The number of halogens is 2. The first-order chi connectivity index (χ1) is 9.69. The number of nitrogens with zero attached hydrogens (tertiary/aromatic N) is 2. The highest BCUT2D eigenvalue weighted by Crippen LogP contribution is 2.30. The lowest BCUT2D eigenvalue weighted by atomic mass is 10.1. The number of carbonyl (C=O) groups excluding carboxylic acids is 1. The van der Waals surface area contributed by atoms with Crippen LogP contribution >= 0.6 is 0 Å². The second-order valence-corrected chi connectivity index (χ2v) is 4.07. The average molecular weight is 274 g/mol. The number of hydrogen-bond donors (Lipinski definition) is 2. The topological polar surface area (TPSA) is 70.7 Å². The van der Waals surface area contributed by atoms with Gasteiger partial charge in [0.25, 0.3) is 0 Å². The highest BCUT2D eigenvalue weighted by molar-refractivity contribution is 5.95. The van der Waals surface area contributed by atoms with E-state index in [1.807, 2.05) is 0 Å². The second-order valence-electron chi connectivity index (χ2n) is 4.07. The van der Waals surface area contributed by atoms with Gasteiger partial charge in [0.05, 0.1) is 23.6 Å². The maximum atomic E-state index is 13.9. The summed E-state index contributed by atoms with van der Waals surface area (Å²) in [5, 5.41) is 2.48. The summed E-state index contributed by atoms with van der Waals surface area (Å²) in [5.41, 5.74) is 1.89. The van der Waals surface area contributed by atoms with E-state index in [2.05, 4.69) is 20.3 Å². The molecule has 0 saturated heterocycles. The molecule has 100 valence electrons. The van der Waals surface area contributed by atoms with Gasteiger partial charge in [0.15, 0.2) is 5.82 Å². The Kier molecular flexibility index (Phi) is 2.86. The van der Waals surface area contributed by atoms with E-state index in [1.54, 1.807) is 6.07 Å². The van der Waals surface area contributed by atoms with Gasteiger partial charge in [0.1, 0.15) is 11.5 Å². The van der Waals surface area contributed by atoms with Gasteiger partial charge in [-0.3, -0.25) is 9.78 Å². The molecule has 0 fully saturated rings. The van der Waals surface area contributed by atoms with Crippen LogP contribution in [-0.2, 0) is 4.79 Å². The number of anilines is 1. The van der Waals surface area contributed by atoms with Crippen LogP contribution in [0.2, 0.25) is 0 Å². The summed E-state index contributed by atoms with van der Waals surface area (Å²) in [6, 6.07) is 3.93. The van der Waals surface area contributed by atoms with Crippen molar-refractivity contribution in [3.63, 3.8) is 0 Å². The number of H-pyrrole nitrogens is 1. The van der Waals surface area contributed by atoms with E-state index < -0.39 is 11.6 Å². The Morgan fingerprint density at radius 1 is 1.20 bits per heavy atom. The first-order valence-electron chi connectivity index (χ1n) is 5.68. The predicted molar refractivity (Wildman–Crippen MR) is 68.9 cm³/mol. The molecule has 0 aliphatic heterocycles. The average Bonchev–Trinajstić information content (AvgIpc) is 2.86. The third-order valence-electron chi connectivity index (χ3n) is 2.81. The monoisotopic (exact) mass is 274 g/mol. The van der Waals surface area contributed by atoms with Crippen molar-refractivity contribution >= 4 is 23.1 Å². The summed E-state index contributed by atoms with van der Waals surface area (Å²) in [5.74, 6) is -1.55. The number of hydrogen-bond acceptors (Lipinski definition) is 3. The van der Waals surface area contributed by atoms with Crippen molar-refractivity contribution in [3.05, 3.63) is 42.4 Å². The Bertz CT molecular complexity index is 800. The first-order valence-corrected chi connectivity index (χ1v) is 5.68. The second kappa shape index (κ2) is 4.69. The third kappa shape index (κ3) is 1.99. The van der Waals surface area contributed by atoms with Crippen LogP contribution in [-0.4, -0.2) is 21.4 Å². The van der Waals surface area contributed by atoms with Crippen molar-refractivity contribution < 1.29 is 13.6 Å². The number of fused-ring (bicyclic) bond motifs is 1. The highest BCUT2D eigenvalue weighted by atomic mass is 19.1. The van der Waals surface area contributed by atoms with Gasteiger partial charge in [0, 0.05) is 17.3 Å². The van der Waals surface area contributed by atoms with E-state index in [0.29, 0.717) is 28.7 Å². The van der Waals surface area contributed by atoms with Gasteiger partial charge in [-0.25, -0.2) is 13.8 Å². The number of imidazole rings is 1. The van der Waals surface area contributed by atoms with Crippen molar-refractivity contribution in [2.24, 2.45) is 0 Å². The smallest absolute Gasteiger partial charge is 0.211 e. The third-order valence-corrected chi connectivity index (χ3v) is 2.81. The Morgan fingerprint density at radius 2 is 2.05 bits per heavy atom. The zero-order valence-electron chi connectivity index (χ0n) is 10.0. The fraction of sp³-hybridized carbons (Fsp3) is 0. The SMILES string of the molecule is O=CNc1cc(-c2ncc(F)cc2F)c2nc[nH]c2c1. The van der Waals surface area contributed by atoms with Crippen LogP contribution in [0.4, 0.5) is 14.5 Å². The highest BCUT2D eigenvalue weighted by Gasteiger charge is 2.14. The van der Waals surface area contributed by atoms with Crippen molar-refractivity contribution in [1.29, 1.82) is 0 Å². The molecule has 20 heavy (non-hydrogen) atoms. The minimum Gasteiger partial charge on any atom is -0.345 e. The van der Waals surface area contributed by atoms with Gasteiger partial charge in [0.2, 0.25) is 6.41 Å². The molecule has 0 saturated carbocycles. The van der Waals surface area contributed by atoms with Gasteiger partial charge >= 0.3 is 0 Å². The lowest BCUT2D eigenvalue weighted by Crippen LogP contribution is -1.97. The fourth-order valence-electron chi connectivity index (χ4n) is 1.99. The van der Waals surface area contributed by atoms with Crippen LogP contribution < -0.4 is 5.32 Å². The van der Waals surface area contributed by atoms with Crippen molar-refractivity contribution in [3.8, 4) is 11.3 Å². The predicted octanol–water partition coefficient (Wildman–Crippen LogP) is 2.47. The summed E-state index contributed by atoms with van der Waals surface area (Å²) in [6.07, 6.45) is 2.88. The molecule has 5 nitrogen and oxygen atoms in total. The standard InChI is InChI=1S/C13H8F2N4O/c14-7-1-10(15)12(16-4-7)9-2-8(19-6-20)3-11-13(9)18-5-17-11/h1-6H,(H,17,18)(H,19,20). The Morgan fingerprint density at radius 3 is 2.80 bits per heavy atom. The van der Waals surface area contributed by atoms with Crippen LogP contribution in [0.15, 0.2) is 30.7 Å². The number of carbonyl (C=O) groups is 1. The van der Waals surface area contributed by atoms with Crippen molar-refractivity contribution in [1.82, 2.24) is 15.0 Å². The van der Waals surface area contributed by atoms with Crippen LogP contribution in [0.1, 0.15) is 0 Å². The summed E-state index contributed by atoms with van der Waals surface area (Å²) in [7, 11) is 0. The number of benzene rings is 1. The minimum atomic E-state index is -0.794. The fourth-order valence-corrected chi connectivity index (χ4v) is 1.99. The van der Waals surface area contributed by atoms with Crippen LogP contribution in [0.5, 0.6) is 0 Å². The normalized spacial score (nSPS) is 10.7. The first kappa shape index (κ1) is 12.2. The molecular formula is C13H8F2N4O. The van der Waals surface area contributed by atoms with Crippen molar-refractivity contribution in [2.45, 2.75) is 0 Å². The lowest BCUT2D eigenvalue weighted by Gasteiger charge is -2.06. The number of pyridine rings is 1. The van der Waals surface area contributed by atoms with Crippen LogP contribution in [0.25, 0.3) is 22.3 Å². The molecule has 0 atom stereocenters.